The van der Waals surface area contributed by atoms with Crippen LogP contribution in [0.2, 0.25) is 10.0 Å². The van der Waals surface area contributed by atoms with Gasteiger partial charge in [-0.1, -0.05) is 23.2 Å². The second-order valence-corrected chi connectivity index (χ2v) is 6.77. The van der Waals surface area contributed by atoms with Gasteiger partial charge in [-0.15, -0.1) is 0 Å². The molecule has 4 rings (SSSR count). The summed E-state index contributed by atoms with van der Waals surface area (Å²) in [5.41, 5.74) is 0.910. The third-order valence-corrected chi connectivity index (χ3v) is 4.68. The van der Waals surface area contributed by atoms with Crippen molar-refractivity contribution < 1.29 is 14.4 Å². The van der Waals surface area contributed by atoms with Crippen molar-refractivity contribution in [1.82, 2.24) is 9.55 Å². The second kappa shape index (κ2) is 6.80. The third kappa shape index (κ3) is 3.23. The highest BCUT2D eigenvalue weighted by molar-refractivity contribution is 6.38. The highest BCUT2D eigenvalue weighted by Crippen LogP contribution is 2.33. The number of halogens is 2. The minimum absolute atomic E-state index is 0.0356. The van der Waals surface area contributed by atoms with E-state index in [9.17, 15) is 14.9 Å². The summed E-state index contributed by atoms with van der Waals surface area (Å²) in [5, 5.41) is 12.1. The molecule has 0 spiro atoms. The van der Waals surface area contributed by atoms with Crippen LogP contribution >= 0.6 is 23.2 Å². The monoisotopic (exact) mass is 407 g/mol. The topological polar surface area (TPSA) is 96.5 Å². The van der Waals surface area contributed by atoms with Crippen LogP contribution in [-0.2, 0) is 17.9 Å². The number of non-ortho nitro benzene ring substituents is 1. The standard InChI is InChI=1S/C17H11Cl2N3O5/c18-11-3-13-15(14(19)4-11)20-7-21(17(13)23)5-9-1-12(22(24)25)2-10-6-26-8-27-16(9)10/h1-4,7H,5-6,8H2. The molecule has 0 saturated heterocycles. The summed E-state index contributed by atoms with van der Waals surface area (Å²) in [5.74, 6) is 0.475. The van der Waals surface area contributed by atoms with E-state index in [0.717, 1.165) is 0 Å². The molecular formula is C17H11Cl2N3O5. The normalized spacial score (nSPS) is 13.3. The van der Waals surface area contributed by atoms with Crippen molar-refractivity contribution in [3.8, 4) is 5.75 Å². The van der Waals surface area contributed by atoms with Crippen LogP contribution in [0.1, 0.15) is 11.1 Å². The van der Waals surface area contributed by atoms with E-state index in [1.807, 2.05) is 0 Å². The molecule has 2 aromatic carbocycles. The van der Waals surface area contributed by atoms with Gasteiger partial charge in [0.15, 0.2) is 6.79 Å². The molecule has 0 saturated carbocycles. The van der Waals surface area contributed by atoms with Crippen LogP contribution in [0.15, 0.2) is 35.4 Å². The molecule has 0 fully saturated rings. The van der Waals surface area contributed by atoms with Crippen molar-refractivity contribution in [3.63, 3.8) is 0 Å². The van der Waals surface area contributed by atoms with Gasteiger partial charge in [0.25, 0.3) is 11.2 Å². The van der Waals surface area contributed by atoms with E-state index in [-0.39, 0.29) is 41.6 Å². The molecule has 1 aliphatic rings. The van der Waals surface area contributed by atoms with Gasteiger partial charge in [0.2, 0.25) is 0 Å². The predicted octanol–water partition coefficient (Wildman–Crippen LogP) is 3.53. The molecule has 8 nitrogen and oxygen atoms in total. The first-order chi connectivity index (χ1) is 12.9. The summed E-state index contributed by atoms with van der Waals surface area (Å²) in [6, 6.07) is 5.78. The van der Waals surface area contributed by atoms with Crippen LogP contribution in [0.3, 0.4) is 0 Å². The molecule has 0 N–H and O–H groups in total. The number of fused-ring (bicyclic) bond motifs is 2. The van der Waals surface area contributed by atoms with Gasteiger partial charge in [0.1, 0.15) is 5.75 Å². The van der Waals surface area contributed by atoms with Gasteiger partial charge in [0.05, 0.1) is 40.3 Å². The van der Waals surface area contributed by atoms with Crippen LogP contribution < -0.4 is 10.3 Å². The maximum absolute atomic E-state index is 12.8. The number of hydrogen-bond acceptors (Lipinski definition) is 6. The summed E-state index contributed by atoms with van der Waals surface area (Å²) in [6.07, 6.45) is 1.34. The molecule has 0 aliphatic carbocycles. The Labute approximate surface area is 162 Å². The largest absolute Gasteiger partial charge is 0.467 e. The van der Waals surface area contributed by atoms with E-state index < -0.39 is 4.92 Å². The molecule has 3 aromatic rings. The molecule has 0 radical (unpaired) electrons. The molecule has 0 amide bonds. The quantitative estimate of drug-likeness (QED) is 0.486. The van der Waals surface area contributed by atoms with Gasteiger partial charge in [0, 0.05) is 28.3 Å². The van der Waals surface area contributed by atoms with Crippen LogP contribution in [0, 0.1) is 10.1 Å². The zero-order chi connectivity index (χ0) is 19.1. The first-order valence-electron chi connectivity index (χ1n) is 7.79. The third-order valence-electron chi connectivity index (χ3n) is 4.17. The Morgan fingerprint density at radius 2 is 2.07 bits per heavy atom. The minimum atomic E-state index is -0.501. The Hall–Kier alpha value is -2.68. The maximum Gasteiger partial charge on any atom is 0.270 e. The van der Waals surface area contributed by atoms with E-state index in [1.54, 1.807) is 0 Å². The Kier molecular flexibility index (Phi) is 4.47. The van der Waals surface area contributed by atoms with Crippen molar-refractivity contribution in [3.05, 3.63) is 72.2 Å². The van der Waals surface area contributed by atoms with Crippen molar-refractivity contribution in [2.45, 2.75) is 13.2 Å². The van der Waals surface area contributed by atoms with E-state index in [4.69, 9.17) is 32.7 Å². The van der Waals surface area contributed by atoms with Crippen molar-refractivity contribution in [1.29, 1.82) is 0 Å². The summed E-state index contributed by atoms with van der Waals surface area (Å²) in [7, 11) is 0. The van der Waals surface area contributed by atoms with E-state index >= 15 is 0 Å². The van der Waals surface area contributed by atoms with Gasteiger partial charge < -0.3 is 9.47 Å². The number of ether oxygens (including phenoxy) is 2. The number of nitro benzene ring substituents is 1. The maximum atomic E-state index is 12.8. The average Bonchev–Trinajstić information content (AvgIpc) is 2.64. The molecule has 27 heavy (non-hydrogen) atoms. The molecule has 10 heteroatoms. The van der Waals surface area contributed by atoms with Gasteiger partial charge in [-0.3, -0.25) is 19.5 Å². The lowest BCUT2D eigenvalue weighted by atomic mass is 10.1. The van der Waals surface area contributed by atoms with Crippen LogP contribution in [0.4, 0.5) is 5.69 Å². The highest BCUT2D eigenvalue weighted by Gasteiger charge is 2.21. The smallest absolute Gasteiger partial charge is 0.270 e. The van der Waals surface area contributed by atoms with Gasteiger partial charge in [-0.05, 0) is 12.1 Å². The molecular weight excluding hydrogens is 397 g/mol. The first-order valence-corrected chi connectivity index (χ1v) is 8.54. The predicted molar refractivity (Wildman–Crippen MR) is 98.5 cm³/mol. The summed E-state index contributed by atoms with van der Waals surface area (Å²) >= 11 is 12.1. The van der Waals surface area contributed by atoms with Crippen molar-refractivity contribution >= 4 is 39.8 Å². The van der Waals surface area contributed by atoms with Gasteiger partial charge in [-0.2, -0.15) is 0 Å². The van der Waals surface area contributed by atoms with E-state index in [1.165, 1.54) is 35.2 Å². The number of nitrogens with zero attached hydrogens (tertiary/aromatic N) is 3. The van der Waals surface area contributed by atoms with Crippen LogP contribution in [0.25, 0.3) is 10.9 Å². The summed E-state index contributed by atoms with van der Waals surface area (Å²) in [4.78, 5) is 27.8. The fourth-order valence-corrected chi connectivity index (χ4v) is 3.54. The summed E-state index contributed by atoms with van der Waals surface area (Å²) < 4.78 is 12.0. The van der Waals surface area contributed by atoms with E-state index in [0.29, 0.717) is 27.4 Å². The zero-order valence-corrected chi connectivity index (χ0v) is 15.2. The Morgan fingerprint density at radius 3 is 2.85 bits per heavy atom. The SMILES string of the molecule is O=c1c2cc(Cl)cc(Cl)c2ncn1Cc1cc([N+](=O)[O-])cc2c1OCOC2. The molecule has 1 aliphatic heterocycles. The Balaban J connectivity index is 1.85. The molecule has 2 heterocycles. The second-order valence-electron chi connectivity index (χ2n) is 5.92. The minimum Gasteiger partial charge on any atom is -0.467 e. The van der Waals surface area contributed by atoms with Crippen molar-refractivity contribution in [2.75, 3.05) is 6.79 Å². The van der Waals surface area contributed by atoms with Gasteiger partial charge >= 0.3 is 0 Å². The number of nitro groups is 1. The number of rotatable bonds is 3. The molecule has 138 valence electrons. The highest BCUT2D eigenvalue weighted by atomic mass is 35.5. The van der Waals surface area contributed by atoms with Gasteiger partial charge in [-0.25, -0.2) is 4.98 Å². The number of hydrogen-bond donors (Lipinski definition) is 0. The van der Waals surface area contributed by atoms with Crippen molar-refractivity contribution in [2.24, 2.45) is 0 Å². The molecule has 1 aromatic heterocycles. The number of aromatic nitrogens is 2. The molecule has 0 bridgehead atoms. The van der Waals surface area contributed by atoms with Crippen LogP contribution in [0.5, 0.6) is 5.75 Å². The van der Waals surface area contributed by atoms with Crippen LogP contribution in [-0.4, -0.2) is 21.3 Å². The fourth-order valence-electron chi connectivity index (χ4n) is 2.99. The number of benzene rings is 2. The van der Waals surface area contributed by atoms with E-state index in [2.05, 4.69) is 4.98 Å². The molecule has 0 atom stereocenters. The lowest BCUT2D eigenvalue weighted by Gasteiger charge is -2.21. The molecule has 0 unspecified atom stereocenters. The zero-order valence-electron chi connectivity index (χ0n) is 13.6. The lowest BCUT2D eigenvalue weighted by molar-refractivity contribution is -0.385. The Morgan fingerprint density at radius 1 is 1.26 bits per heavy atom. The average molecular weight is 408 g/mol. The summed E-state index contributed by atoms with van der Waals surface area (Å²) in [6.45, 7) is 0.268. The first kappa shape index (κ1) is 17.7. The fraction of sp³-hybridized carbons (Fsp3) is 0.176. The lowest BCUT2D eigenvalue weighted by Crippen LogP contribution is -2.22. The Bertz CT molecular complexity index is 1150.